The van der Waals surface area contributed by atoms with Crippen LogP contribution in [0.15, 0.2) is 122 Å². The van der Waals surface area contributed by atoms with Crippen LogP contribution in [0.2, 0.25) is 0 Å². The number of anilines is 6. The van der Waals surface area contributed by atoms with Gasteiger partial charge in [0.1, 0.15) is 24.2 Å². The number of rotatable bonds is 31. The van der Waals surface area contributed by atoms with Gasteiger partial charge in [0.2, 0.25) is 35.7 Å². The molecule has 26 heteroatoms. The lowest BCUT2D eigenvalue weighted by Crippen LogP contribution is -2.35. The molecule has 446 valence electrons. The molecule has 4 aromatic carbocycles. The molecule has 6 aromatic heterocycles. The van der Waals surface area contributed by atoms with E-state index in [4.69, 9.17) is 28.4 Å². The molecule has 10 aromatic rings. The van der Waals surface area contributed by atoms with Crippen molar-refractivity contribution in [3.8, 4) is 0 Å². The third-order valence-corrected chi connectivity index (χ3v) is 14.3. The molecule has 0 radical (unpaired) electrons. The predicted molar refractivity (Wildman–Crippen MR) is 324 cm³/mol. The highest BCUT2D eigenvalue weighted by Crippen LogP contribution is 2.26. The van der Waals surface area contributed by atoms with E-state index in [1.54, 1.807) is 0 Å². The minimum absolute atomic E-state index is 0.0368. The highest BCUT2D eigenvalue weighted by Gasteiger charge is 2.28. The number of methoxy groups -OCH3 is 4. The Labute approximate surface area is 492 Å². The van der Waals surface area contributed by atoms with Gasteiger partial charge in [-0.1, -0.05) is 72.8 Å². The SMILES string of the molecule is COC(=O)[C@H](Cc1c[nH]c2ccccc12)Nc1nc(NCCOCCOCCNc2nc(N[C@@H](Cc3c[nH]c4ccccc34)C(=O)OC)nc(N[C@@H](Cc3c[nH]c4ccccc34)C(=O)OC)n2)nc(N[C@@H](Cc2c[nH]c3ccccc23)C(=O)OC)n1. The van der Waals surface area contributed by atoms with Gasteiger partial charge in [-0.05, 0) is 46.5 Å². The van der Waals surface area contributed by atoms with Crippen LogP contribution in [0.25, 0.3) is 43.6 Å². The minimum atomic E-state index is -0.912. The summed E-state index contributed by atoms with van der Waals surface area (Å²) in [6.07, 6.45) is 8.33. The van der Waals surface area contributed by atoms with Crippen LogP contribution in [0, 0.1) is 0 Å². The third-order valence-electron chi connectivity index (χ3n) is 14.3. The van der Waals surface area contributed by atoms with E-state index >= 15 is 0 Å². The molecule has 0 fully saturated rings. The van der Waals surface area contributed by atoms with Crippen LogP contribution in [0.3, 0.4) is 0 Å². The van der Waals surface area contributed by atoms with E-state index in [0.717, 1.165) is 65.9 Å². The molecule has 26 nitrogen and oxygen atoms in total. The number of aromatic nitrogens is 10. The van der Waals surface area contributed by atoms with E-state index < -0.39 is 48.0 Å². The van der Waals surface area contributed by atoms with E-state index in [1.807, 2.05) is 122 Å². The molecule has 0 amide bonds. The number of H-pyrrole nitrogens is 4. The number of para-hydroxylation sites is 4. The van der Waals surface area contributed by atoms with Crippen molar-refractivity contribution in [1.29, 1.82) is 0 Å². The zero-order valence-corrected chi connectivity index (χ0v) is 47.7. The van der Waals surface area contributed by atoms with Crippen molar-refractivity contribution in [2.24, 2.45) is 0 Å². The lowest BCUT2D eigenvalue weighted by Gasteiger charge is -2.19. The van der Waals surface area contributed by atoms with E-state index in [0.29, 0.717) is 0 Å². The number of nitrogens with zero attached hydrogens (tertiary/aromatic N) is 6. The maximum atomic E-state index is 13.3. The largest absolute Gasteiger partial charge is 0.467 e. The van der Waals surface area contributed by atoms with Crippen LogP contribution >= 0.6 is 0 Å². The van der Waals surface area contributed by atoms with Gasteiger partial charge in [0.05, 0.1) is 54.9 Å². The van der Waals surface area contributed by atoms with Gasteiger partial charge in [-0.25, -0.2) is 19.2 Å². The Kier molecular flexibility index (Phi) is 19.4. The molecule has 0 bridgehead atoms. The lowest BCUT2D eigenvalue weighted by atomic mass is 10.1. The first-order valence-corrected chi connectivity index (χ1v) is 27.8. The molecule has 10 N–H and O–H groups in total. The number of benzene rings is 4. The number of fused-ring (bicyclic) bond motifs is 4. The molecule has 6 heterocycles. The van der Waals surface area contributed by atoms with E-state index in [1.165, 1.54) is 28.4 Å². The highest BCUT2D eigenvalue weighted by atomic mass is 16.5. The number of ether oxygens (including phenoxy) is 6. The molecule has 0 aliphatic heterocycles. The number of nitrogens with one attached hydrogen (secondary N) is 10. The van der Waals surface area contributed by atoms with Crippen molar-refractivity contribution in [3.63, 3.8) is 0 Å². The molecule has 0 spiro atoms. The maximum Gasteiger partial charge on any atom is 0.328 e. The van der Waals surface area contributed by atoms with Crippen molar-refractivity contribution >= 4 is 103 Å². The van der Waals surface area contributed by atoms with Gasteiger partial charge < -0.3 is 80.3 Å². The molecule has 0 aliphatic rings. The number of hydrogen-bond donors (Lipinski definition) is 10. The molecule has 0 aliphatic carbocycles. The zero-order chi connectivity index (χ0) is 59.8. The fourth-order valence-corrected chi connectivity index (χ4v) is 10.0. The summed E-state index contributed by atoms with van der Waals surface area (Å²) in [6, 6.07) is 27.4. The van der Waals surface area contributed by atoms with Crippen LogP contribution in [-0.4, -0.2) is 166 Å². The van der Waals surface area contributed by atoms with Gasteiger partial charge in [0.25, 0.3) is 0 Å². The van der Waals surface area contributed by atoms with Gasteiger partial charge in [0.15, 0.2) is 0 Å². The quantitative estimate of drug-likeness (QED) is 0.0129. The molecule has 10 rings (SSSR count). The first-order valence-electron chi connectivity index (χ1n) is 27.8. The number of esters is 4. The van der Waals surface area contributed by atoms with E-state index in [2.05, 4.69) is 81.7 Å². The normalized spacial score (nSPS) is 12.7. The number of carbonyl (C=O) groups is 4. The van der Waals surface area contributed by atoms with Crippen LogP contribution in [0.4, 0.5) is 35.7 Å². The second-order valence-electron chi connectivity index (χ2n) is 19.8. The van der Waals surface area contributed by atoms with E-state index in [9.17, 15) is 19.2 Å². The van der Waals surface area contributed by atoms with Crippen molar-refractivity contribution < 1.29 is 47.6 Å². The summed E-state index contributed by atoms with van der Waals surface area (Å²) in [5.74, 6) is -1.77. The van der Waals surface area contributed by atoms with Crippen LogP contribution in [-0.2, 0) is 73.3 Å². The molecule has 86 heavy (non-hydrogen) atoms. The van der Waals surface area contributed by atoms with Gasteiger partial charge in [-0.15, -0.1) is 0 Å². The van der Waals surface area contributed by atoms with Crippen LogP contribution < -0.4 is 31.9 Å². The van der Waals surface area contributed by atoms with Crippen molar-refractivity contribution in [1.82, 2.24) is 49.8 Å². The fourth-order valence-electron chi connectivity index (χ4n) is 10.0. The van der Waals surface area contributed by atoms with E-state index in [-0.39, 0.29) is 101 Å². The Morgan fingerprint density at radius 2 is 0.605 bits per heavy atom. The molecular weight excluding hydrogens is 1100 g/mol. The predicted octanol–water partition coefficient (Wildman–Crippen LogP) is 6.32. The Bertz CT molecular complexity index is 3450. The summed E-state index contributed by atoms with van der Waals surface area (Å²) in [4.78, 5) is 93.9. The Morgan fingerprint density at radius 1 is 0.360 bits per heavy atom. The number of hydrogen-bond acceptors (Lipinski definition) is 22. The zero-order valence-electron chi connectivity index (χ0n) is 47.7. The van der Waals surface area contributed by atoms with Crippen LogP contribution in [0.1, 0.15) is 22.3 Å². The number of carbonyl (C=O) groups excluding carboxylic acids is 4. The monoisotopic (exact) mass is 1170 g/mol. The summed E-state index contributed by atoms with van der Waals surface area (Å²) in [7, 11) is 5.24. The summed E-state index contributed by atoms with van der Waals surface area (Å²) in [6.45, 7) is 1.38. The van der Waals surface area contributed by atoms with Crippen molar-refractivity contribution in [2.45, 2.75) is 49.9 Å². The molecule has 0 saturated carbocycles. The molecule has 4 atom stereocenters. The van der Waals surface area contributed by atoms with Crippen LogP contribution in [0.5, 0.6) is 0 Å². The van der Waals surface area contributed by atoms with Gasteiger partial charge in [-0.3, -0.25) is 0 Å². The average molecular weight is 1170 g/mol. The Morgan fingerprint density at radius 3 is 0.860 bits per heavy atom. The first-order chi connectivity index (χ1) is 42.1. The van der Waals surface area contributed by atoms with Crippen molar-refractivity contribution in [3.05, 3.63) is 144 Å². The van der Waals surface area contributed by atoms with Crippen molar-refractivity contribution in [2.75, 3.05) is 99.9 Å². The summed E-state index contributed by atoms with van der Waals surface area (Å²) in [5, 5.41) is 22.7. The third kappa shape index (κ3) is 14.7. The fraction of sp³-hybridized carbons (Fsp3) is 0.300. The summed E-state index contributed by atoms with van der Waals surface area (Å²) < 4.78 is 32.7. The second kappa shape index (κ2) is 28.3. The Hall–Kier alpha value is -10.3. The molecule has 0 unspecified atom stereocenters. The maximum absolute atomic E-state index is 13.3. The first kappa shape index (κ1) is 58.8. The summed E-state index contributed by atoms with van der Waals surface area (Å²) in [5.41, 5.74) is 7.16. The minimum Gasteiger partial charge on any atom is -0.467 e. The van der Waals surface area contributed by atoms with Gasteiger partial charge in [-0.2, -0.15) is 29.9 Å². The van der Waals surface area contributed by atoms with Gasteiger partial charge >= 0.3 is 23.9 Å². The second-order valence-corrected chi connectivity index (χ2v) is 19.8. The molecule has 0 saturated heterocycles. The lowest BCUT2D eigenvalue weighted by molar-refractivity contribution is -0.142. The Balaban J connectivity index is 0.774. The highest BCUT2D eigenvalue weighted by molar-refractivity contribution is 5.89. The topological polar surface area (TPSA) is 336 Å². The number of aromatic amines is 4. The average Bonchev–Trinajstić information content (AvgIpc) is 4.51. The van der Waals surface area contributed by atoms with Gasteiger partial charge in [0, 0.05) is 107 Å². The summed E-state index contributed by atoms with van der Waals surface area (Å²) >= 11 is 0. The smallest absolute Gasteiger partial charge is 0.328 e. The standard InChI is InChI=1S/C60H66N16O10/c1-81-51(77)47(27-35-31-63-43-17-9-5-13-39(35)43)67-57-71-55(72-58(75-57)68-48(52(78)82-2)28-36-32-64-44-18-10-6-14-40(36)44)61-21-23-85-25-26-86-24-22-62-56-73-59(69-49(53(79)83-3)29-37-33-65-45-19-11-7-15-41(37)45)76-60(74-56)70-50(54(80)84-4)30-38-34-66-46-20-12-8-16-42(38)46/h5-20,31-34,47-50,63-66H,21-30H2,1-4H3,(H3,61,67,68,71,72,75)(H3,62,69,70,73,74,76)/t47-,48-,49-,50-/m0/s1. The molecular formula is C60H66N16O10.